The van der Waals surface area contributed by atoms with Gasteiger partial charge in [0.15, 0.2) is 5.79 Å². The minimum atomic E-state index is -0.795. The van der Waals surface area contributed by atoms with Crippen LogP contribution in [0, 0.1) is 17.0 Å². The molecule has 2 saturated heterocycles. The number of ether oxygens (including phenoxy) is 2. The summed E-state index contributed by atoms with van der Waals surface area (Å²) in [5, 5.41) is 0. The number of nitrogens with two attached hydrogens (primary N) is 1. The Morgan fingerprint density at radius 2 is 1.79 bits per heavy atom. The normalized spacial score (nSPS) is 32.2. The fourth-order valence-corrected chi connectivity index (χ4v) is 4.47. The van der Waals surface area contributed by atoms with Crippen LogP contribution in [0.1, 0.15) is 25.7 Å². The zero-order chi connectivity index (χ0) is 16.9. The first-order valence-electron chi connectivity index (χ1n) is 8.23. The molecule has 2 N–H and O–H groups in total. The lowest BCUT2D eigenvalue weighted by atomic mass is 9.68. The Hall–Kier alpha value is -1.57. The fourth-order valence-electron chi connectivity index (χ4n) is 4.47. The van der Waals surface area contributed by atoms with Crippen molar-refractivity contribution < 1.29 is 23.0 Å². The molecule has 2 spiro atoms. The van der Waals surface area contributed by atoms with E-state index in [2.05, 4.69) is 0 Å². The third-order valence-electron chi connectivity index (χ3n) is 5.32. The van der Waals surface area contributed by atoms with Crippen molar-refractivity contribution in [2.45, 2.75) is 37.5 Å². The molecule has 4 rings (SSSR count). The summed E-state index contributed by atoms with van der Waals surface area (Å²) in [4.78, 5) is 14.6. The van der Waals surface area contributed by atoms with Crippen LogP contribution in [0.2, 0.25) is 0 Å². The molecule has 2 atom stereocenters. The van der Waals surface area contributed by atoms with Crippen LogP contribution >= 0.6 is 0 Å². The number of rotatable bonds is 1. The standard InChI is InChI=1S/C17H20F2N2O3/c18-11-5-12(19)7-14(6-11)21-2-1-16(15(21)22)8-13(20)9-17(10-16)23-3-4-24-17/h5-7,13H,1-4,8-10,20H2. The van der Waals surface area contributed by atoms with Crippen LogP contribution in [0.4, 0.5) is 14.5 Å². The number of halogens is 2. The summed E-state index contributed by atoms with van der Waals surface area (Å²) in [6.07, 6.45) is 2.12. The van der Waals surface area contributed by atoms with Crippen molar-refractivity contribution in [3.63, 3.8) is 0 Å². The van der Waals surface area contributed by atoms with E-state index in [1.807, 2.05) is 0 Å². The molecule has 24 heavy (non-hydrogen) atoms. The first kappa shape index (κ1) is 15.9. The van der Waals surface area contributed by atoms with Crippen LogP contribution < -0.4 is 10.6 Å². The molecule has 1 aliphatic carbocycles. The van der Waals surface area contributed by atoms with E-state index in [4.69, 9.17) is 15.2 Å². The van der Waals surface area contributed by atoms with Crippen LogP contribution in [-0.4, -0.2) is 37.5 Å². The van der Waals surface area contributed by atoms with E-state index >= 15 is 0 Å². The van der Waals surface area contributed by atoms with Gasteiger partial charge in [0.25, 0.3) is 0 Å². The van der Waals surface area contributed by atoms with Crippen LogP contribution in [0.25, 0.3) is 0 Å². The quantitative estimate of drug-likeness (QED) is 0.850. The van der Waals surface area contributed by atoms with Gasteiger partial charge < -0.3 is 20.1 Å². The highest BCUT2D eigenvalue weighted by Crippen LogP contribution is 2.51. The highest BCUT2D eigenvalue weighted by molar-refractivity contribution is 6.00. The van der Waals surface area contributed by atoms with Gasteiger partial charge in [0.2, 0.25) is 5.91 Å². The lowest BCUT2D eigenvalue weighted by Crippen LogP contribution is -2.53. The Labute approximate surface area is 138 Å². The van der Waals surface area contributed by atoms with Gasteiger partial charge in [-0.25, -0.2) is 8.78 Å². The molecular formula is C17H20F2N2O3. The van der Waals surface area contributed by atoms with Gasteiger partial charge >= 0.3 is 0 Å². The smallest absolute Gasteiger partial charge is 0.233 e. The first-order valence-corrected chi connectivity index (χ1v) is 8.23. The summed E-state index contributed by atoms with van der Waals surface area (Å²) in [5.41, 5.74) is 5.74. The Kier molecular flexibility index (Phi) is 3.63. The van der Waals surface area contributed by atoms with E-state index < -0.39 is 22.8 Å². The third kappa shape index (κ3) is 2.51. The molecule has 3 fully saturated rings. The van der Waals surface area contributed by atoms with Gasteiger partial charge in [-0.05, 0) is 25.0 Å². The molecule has 0 bridgehead atoms. The number of hydrogen-bond donors (Lipinski definition) is 1. The molecule has 7 heteroatoms. The maximum atomic E-state index is 13.5. The molecule has 1 saturated carbocycles. The summed E-state index contributed by atoms with van der Waals surface area (Å²) < 4.78 is 38.6. The predicted molar refractivity (Wildman–Crippen MR) is 82.2 cm³/mol. The molecule has 2 unspecified atom stereocenters. The van der Waals surface area contributed by atoms with Gasteiger partial charge in [-0.3, -0.25) is 4.79 Å². The van der Waals surface area contributed by atoms with E-state index in [-0.39, 0.29) is 17.6 Å². The summed E-state index contributed by atoms with van der Waals surface area (Å²) in [6, 6.07) is 2.96. The summed E-state index contributed by atoms with van der Waals surface area (Å²) in [6.45, 7) is 1.40. The van der Waals surface area contributed by atoms with Crippen molar-refractivity contribution in [3.8, 4) is 0 Å². The van der Waals surface area contributed by atoms with Crippen LogP contribution in [0.15, 0.2) is 18.2 Å². The van der Waals surface area contributed by atoms with Gasteiger partial charge in [0, 0.05) is 37.2 Å². The minimum Gasteiger partial charge on any atom is -0.347 e. The Bertz CT molecular complexity index is 658. The predicted octanol–water partition coefficient (Wildman–Crippen LogP) is 1.94. The van der Waals surface area contributed by atoms with Crippen molar-refractivity contribution in [2.24, 2.45) is 11.1 Å². The summed E-state index contributed by atoms with van der Waals surface area (Å²) >= 11 is 0. The van der Waals surface area contributed by atoms with E-state index in [1.54, 1.807) is 0 Å². The van der Waals surface area contributed by atoms with Crippen molar-refractivity contribution in [2.75, 3.05) is 24.7 Å². The second-order valence-electron chi connectivity index (χ2n) is 7.07. The minimum absolute atomic E-state index is 0.152. The van der Waals surface area contributed by atoms with E-state index in [0.29, 0.717) is 45.4 Å². The zero-order valence-corrected chi connectivity index (χ0v) is 13.3. The number of nitrogens with zero attached hydrogens (tertiary/aromatic N) is 1. The van der Waals surface area contributed by atoms with Crippen LogP contribution in [0.5, 0.6) is 0 Å². The SMILES string of the molecule is NC1CC2(CC3(CCN(c4cc(F)cc(F)c4)C3=O)C1)OCCO2. The van der Waals surface area contributed by atoms with Gasteiger partial charge in [0.05, 0.1) is 18.6 Å². The second-order valence-corrected chi connectivity index (χ2v) is 7.07. The van der Waals surface area contributed by atoms with Crippen molar-refractivity contribution >= 4 is 11.6 Å². The molecule has 5 nitrogen and oxygen atoms in total. The molecule has 2 aliphatic heterocycles. The Balaban J connectivity index is 1.64. The number of carbonyl (C=O) groups excluding carboxylic acids is 1. The zero-order valence-electron chi connectivity index (χ0n) is 13.3. The second kappa shape index (κ2) is 5.47. The van der Waals surface area contributed by atoms with E-state index in [0.717, 1.165) is 6.07 Å². The van der Waals surface area contributed by atoms with Gasteiger partial charge in [0.1, 0.15) is 11.6 Å². The number of hydrogen-bond acceptors (Lipinski definition) is 4. The summed E-state index contributed by atoms with van der Waals surface area (Å²) in [7, 11) is 0. The molecule has 0 aromatic heterocycles. The number of carbonyl (C=O) groups is 1. The van der Waals surface area contributed by atoms with Crippen LogP contribution in [-0.2, 0) is 14.3 Å². The molecule has 1 aromatic carbocycles. The fraction of sp³-hybridized carbons (Fsp3) is 0.588. The largest absolute Gasteiger partial charge is 0.347 e. The van der Waals surface area contributed by atoms with E-state index in [9.17, 15) is 13.6 Å². The number of benzene rings is 1. The van der Waals surface area contributed by atoms with Gasteiger partial charge in [-0.2, -0.15) is 0 Å². The van der Waals surface area contributed by atoms with Crippen molar-refractivity contribution in [1.82, 2.24) is 0 Å². The van der Waals surface area contributed by atoms with Crippen LogP contribution in [0.3, 0.4) is 0 Å². The maximum Gasteiger partial charge on any atom is 0.233 e. The maximum absolute atomic E-state index is 13.5. The Morgan fingerprint density at radius 1 is 1.12 bits per heavy atom. The average Bonchev–Trinajstić information content (AvgIpc) is 3.04. The van der Waals surface area contributed by atoms with Gasteiger partial charge in [-0.1, -0.05) is 0 Å². The van der Waals surface area contributed by atoms with Crippen molar-refractivity contribution in [3.05, 3.63) is 29.8 Å². The highest BCUT2D eigenvalue weighted by atomic mass is 19.1. The van der Waals surface area contributed by atoms with Gasteiger partial charge in [-0.15, -0.1) is 0 Å². The molecule has 3 aliphatic rings. The third-order valence-corrected chi connectivity index (χ3v) is 5.32. The first-order chi connectivity index (χ1) is 11.4. The average molecular weight is 338 g/mol. The number of anilines is 1. The topological polar surface area (TPSA) is 64.8 Å². The van der Waals surface area contributed by atoms with E-state index in [1.165, 1.54) is 17.0 Å². The molecule has 1 amide bonds. The molecule has 1 aromatic rings. The highest BCUT2D eigenvalue weighted by Gasteiger charge is 2.58. The molecule has 130 valence electrons. The lowest BCUT2D eigenvalue weighted by Gasteiger charge is -2.44. The summed E-state index contributed by atoms with van der Waals surface area (Å²) in [5.74, 6) is -2.34. The monoisotopic (exact) mass is 338 g/mol. The molecular weight excluding hydrogens is 318 g/mol. The molecule has 2 heterocycles. The Morgan fingerprint density at radius 3 is 2.46 bits per heavy atom. The molecule has 0 radical (unpaired) electrons. The van der Waals surface area contributed by atoms with Crippen molar-refractivity contribution in [1.29, 1.82) is 0 Å². The lowest BCUT2D eigenvalue weighted by molar-refractivity contribution is -0.204. The number of amides is 1.